The van der Waals surface area contributed by atoms with Crippen molar-refractivity contribution in [2.24, 2.45) is 5.73 Å². The number of hydrogen-bond donors (Lipinski definition) is 2. The standard InChI is InChI=1S/C12H15N3O2S/c13-7-3-9-15-18(16,17)11-6-1-4-10-5-2-8-14-12(10)11/h1-2,4-6,8,15H,3,7,9,13H2. The van der Waals surface area contributed by atoms with Gasteiger partial charge in [0.15, 0.2) is 0 Å². The largest absolute Gasteiger partial charge is 0.330 e. The maximum absolute atomic E-state index is 12.1. The Morgan fingerprint density at radius 1 is 1.22 bits per heavy atom. The molecule has 0 amide bonds. The Morgan fingerprint density at radius 2 is 2.00 bits per heavy atom. The zero-order chi connectivity index (χ0) is 13.0. The fraction of sp³-hybridized carbons (Fsp3) is 0.250. The first-order valence-electron chi connectivity index (χ1n) is 5.68. The van der Waals surface area contributed by atoms with Crippen LogP contribution >= 0.6 is 0 Å². The van der Waals surface area contributed by atoms with Gasteiger partial charge in [0.2, 0.25) is 10.0 Å². The van der Waals surface area contributed by atoms with Gasteiger partial charge in [-0.2, -0.15) is 0 Å². The number of nitrogens with two attached hydrogens (primary N) is 1. The van der Waals surface area contributed by atoms with E-state index in [2.05, 4.69) is 9.71 Å². The molecule has 0 saturated carbocycles. The second kappa shape index (κ2) is 5.43. The predicted molar refractivity (Wildman–Crippen MR) is 70.6 cm³/mol. The van der Waals surface area contributed by atoms with E-state index < -0.39 is 10.0 Å². The van der Waals surface area contributed by atoms with Crippen molar-refractivity contribution in [2.45, 2.75) is 11.3 Å². The van der Waals surface area contributed by atoms with Crippen LogP contribution in [0.15, 0.2) is 41.4 Å². The highest BCUT2D eigenvalue weighted by Crippen LogP contribution is 2.20. The Morgan fingerprint density at radius 3 is 2.78 bits per heavy atom. The molecule has 0 saturated heterocycles. The highest BCUT2D eigenvalue weighted by atomic mass is 32.2. The van der Waals surface area contributed by atoms with Crippen molar-refractivity contribution in [3.05, 3.63) is 36.5 Å². The third kappa shape index (κ3) is 2.66. The summed E-state index contributed by atoms with van der Waals surface area (Å²) >= 11 is 0. The molecule has 96 valence electrons. The van der Waals surface area contributed by atoms with Crippen molar-refractivity contribution in [3.63, 3.8) is 0 Å². The molecule has 0 fully saturated rings. The lowest BCUT2D eigenvalue weighted by Crippen LogP contribution is -2.26. The normalized spacial score (nSPS) is 11.8. The quantitative estimate of drug-likeness (QED) is 0.785. The van der Waals surface area contributed by atoms with Crippen LogP contribution in [-0.2, 0) is 10.0 Å². The Balaban J connectivity index is 2.41. The molecule has 0 aliphatic rings. The molecule has 0 bridgehead atoms. The van der Waals surface area contributed by atoms with Gasteiger partial charge in [0.05, 0.1) is 5.52 Å². The van der Waals surface area contributed by atoms with E-state index in [1.54, 1.807) is 24.4 Å². The number of fused-ring (bicyclic) bond motifs is 1. The molecule has 0 aliphatic carbocycles. The first kappa shape index (κ1) is 12.9. The average molecular weight is 265 g/mol. The van der Waals surface area contributed by atoms with E-state index in [-0.39, 0.29) is 4.90 Å². The van der Waals surface area contributed by atoms with E-state index in [9.17, 15) is 8.42 Å². The summed E-state index contributed by atoms with van der Waals surface area (Å²) in [6.07, 6.45) is 2.19. The molecule has 2 aromatic rings. The van der Waals surface area contributed by atoms with Crippen LogP contribution < -0.4 is 10.5 Å². The molecule has 0 unspecified atom stereocenters. The average Bonchev–Trinajstić information content (AvgIpc) is 2.38. The smallest absolute Gasteiger partial charge is 0.242 e. The summed E-state index contributed by atoms with van der Waals surface area (Å²) in [6.45, 7) is 0.790. The first-order valence-corrected chi connectivity index (χ1v) is 7.17. The Kier molecular flexibility index (Phi) is 3.90. The minimum Gasteiger partial charge on any atom is -0.330 e. The molecule has 0 aliphatic heterocycles. The number of para-hydroxylation sites is 1. The van der Waals surface area contributed by atoms with Crippen LogP contribution in [0.2, 0.25) is 0 Å². The number of nitrogens with one attached hydrogen (secondary N) is 1. The van der Waals surface area contributed by atoms with Crippen LogP contribution in [0.25, 0.3) is 10.9 Å². The molecular formula is C12H15N3O2S. The van der Waals surface area contributed by atoms with Crippen LogP contribution in [0.3, 0.4) is 0 Å². The van der Waals surface area contributed by atoms with E-state index in [1.807, 2.05) is 12.1 Å². The van der Waals surface area contributed by atoms with Gasteiger partial charge in [-0.25, -0.2) is 13.1 Å². The lowest BCUT2D eigenvalue weighted by molar-refractivity contribution is 0.580. The Labute approximate surface area is 106 Å². The van der Waals surface area contributed by atoms with E-state index >= 15 is 0 Å². The van der Waals surface area contributed by atoms with Crippen molar-refractivity contribution < 1.29 is 8.42 Å². The number of sulfonamides is 1. The molecule has 6 heteroatoms. The third-order valence-corrected chi connectivity index (χ3v) is 4.05. The molecule has 5 nitrogen and oxygen atoms in total. The highest BCUT2D eigenvalue weighted by Gasteiger charge is 2.16. The second-order valence-corrected chi connectivity index (χ2v) is 5.61. The van der Waals surface area contributed by atoms with Crippen molar-refractivity contribution in [1.82, 2.24) is 9.71 Å². The maximum atomic E-state index is 12.1. The van der Waals surface area contributed by atoms with Crippen molar-refractivity contribution in [1.29, 1.82) is 0 Å². The van der Waals surface area contributed by atoms with Gasteiger partial charge in [0, 0.05) is 18.1 Å². The summed E-state index contributed by atoms with van der Waals surface area (Å²) in [5, 5.41) is 0.805. The van der Waals surface area contributed by atoms with Crippen molar-refractivity contribution in [2.75, 3.05) is 13.1 Å². The molecule has 0 radical (unpaired) electrons. The topological polar surface area (TPSA) is 85.1 Å². The van der Waals surface area contributed by atoms with Crippen molar-refractivity contribution >= 4 is 20.9 Å². The minimum atomic E-state index is -3.53. The van der Waals surface area contributed by atoms with Crippen molar-refractivity contribution in [3.8, 4) is 0 Å². The van der Waals surface area contributed by atoms with Gasteiger partial charge in [0.25, 0.3) is 0 Å². The van der Waals surface area contributed by atoms with E-state index in [1.165, 1.54) is 0 Å². The fourth-order valence-corrected chi connectivity index (χ4v) is 2.93. The van der Waals surface area contributed by atoms with Gasteiger partial charge in [-0.1, -0.05) is 18.2 Å². The summed E-state index contributed by atoms with van der Waals surface area (Å²) in [5.74, 6) is 0. The van der Waals surface area contributed by atoms with Gasteiger partial charge in [-0.05, 0) is 25.1 Å². The molecule has 0 atom stereocenters. The fourth-order valence-electron chi connectivity index (χ4n) is 1.68. The lowest BCUT2D eigenvalue weighted by Gasteiger charge is -2.08. The molecular weight excluding hydrogens is 250 g/mol. The molecule has 3 N–H and O–H groups in total. The number of nitrogens with zero attached hydrogens (tertiary/aromatic N) is 1. The van der Waals surface area contributed by atoms with Crippen LogP contribution in [0, 0.1) is 0 Å². The monoisotopic (exact) mass is 265 g/mol. The van der Waals surface area contributed by atoms with Gasteiger partial charge in [0.1, 0.15) is 4.90 Å². The first-order chi connectivity index (χ1) is 8.65. The van der Waals surface area contributed by atoms with Crippen LogP contribution in [0.4, 0.5) is 0 Å². The Bertz CT molecular complexity index is 635. The molecule has 0 spiro atoms. The van der Waals surface area contributed by atoms with Crippen LogP contribution in [0.5, 0.6) is 0 Å². The summed E-state index contributed by atoms with van der Waals surface area (Å²) in [7, 11) is -3.53. The molecule has 1 aromatic carbocycles. The summed E-state index contributed by atoms with van der Waals surface area (Å²) in [6, 6.07) is 8.71. The van der Waals surface area contributed by atoms with Gasteiger partial charge >= 0.3 is 0 Å². The van der Waals surface area contributed by atoms with Crippen LogP contribution in [0.1, 0.15) is 6.42 Å². The minimum absolute atomic E-state index is 0.206. The summed E-state index contributed by atoms with van der Waals surface area (Å²) < 4.78 is 26.8. The summed E-state index contributed by atoms with van der Waals surface area (Å²) in [5.41, 5.74) is 5.83. The molecule has 2 rings (SSSR count). The zero-order valence-corrected chi connectivity index (χ0v) is 10.7. The van der Waals surface area contributed by atoms with Gasteiger partial charge < -0.3 is 5.73 Å². The highest BCUT2D eigenvalue weighted by molar-refractivity contribution is 7.89. The molecule has 1 heterocycles. The number of benzene rings is 1. The maximum Gasteiger partial charge on any atom is 0.242 e. The number of aromatic nitrogens is 1. The number of rotatable bonds is 5. The van der Waals surface area contributed by atoms with Crippen LogP contribution in [-0.4, -0.2) is 26.5 Å². The predicted octanol–water partition coefficient (Wildman–Crippen LogP) is 0.862. The van der Waals surface area contributed by atoms with Gasteiger partial charge in [-0.15, -0.1) is 0 Å². The zero-order valence-electron chi connectivity index (χ0n) is 9.83. The SMILES string of the molecule is NCCCNS(=O)(=O)c1cccc2cccnc12. The lowest BCUT2D eigenvalue weighted by atomic mass is 10.2. The van der Waals surface area contributed by atoms with Gasteiger partial charge in [-0.3, -0.25) is 4.98 Å². The van der Waals surface area contributed by atoms with E-state index in [4.69, 9.17) is 5.73 Å². The van der Waals surface area contributed by atoms with E-state index in [0.29, 0.717) is 25.0 Å². The number of pyridine rings is 1. The van der Waals surface area contributed by atoms with E-state index in [0.717, 1.165) is 5.39 Å². The third-order valence-electron chi connectivity index (χ3n) is 2.56. The second-order valence-electron chi connectivity index (χ2n) is 3.87. The Hall–Kier alpha value is -1.50. The number of hydrogen-bond acceptors (Lipinski definition) is 4. The molecule has 18 heavy (non-hydrogen) atoms. The molecule has 1 aromatic heterocycles. The summed E-state index contributed by atoms with van der Waals surface area (Å²) in [4.78, 5) is 4.34.